The molecule has 1 amide bonds. The minimum atomic E-state index is -0.450. The average molecular weight is 388 g/mol. The van der Waals surface area contributed by atoms with Gasteiger partial charge in [0.15, 0.2) is 0 Å². The molecule has 0 unspecified atom stereocenters. The lowest BCUT2D eigenvalue weighted by Gasteiger charge is -2.25. The lowest BCUT2D eigenvalue weighted by molar-refractivity contribution is -0.118. The minimum absolute atomic E-state index is 0.142. The molecule has 0 radical (unpaired) electrons. The zero-order chi connectivity index (χ0) is 19.4. The number of carbonyl (C=O) groups excluding carboxylic acids is 2. The number of hydrogen-bond acceptors (Lipinski definition) is 6. The highest BCUT2D eigenvalue weighted by Crippen LogP contribution is 2.37. The maximum Gasteiger partial charge on any atom is 0.341 e. The van der Waals surface area contributed by atoms with Crippen LogP contribution in [0.15, 0.2) is 23.6 Å². The van der Waals surface area contributed by atoms with Gasteiger partial charge in [0.05, 0.1) is 26.9 Å². The number of thiophene rings is 1. The van der Waals surface area contributed by atoms with Gasteiger partial charge in [-0.2, -0.15) is 0 Å². The number of amides is 1. The summed E-state index contributed by atoms with van der Waals surface area (Å²) in [6, 6.07) is 6.11. The largest absolute Gasteiger partial charge is 0.465 e. The molecule has 0 aliphatic carbocycles. The SMILES string of the molecule is COC(=O)c1c(-c2cc(C)ccc2C)csc1NC(=O)CN1CCOCC1. The first kappa shape index (κ1) is 19.5. The van der Waals surface area contributed by atoms with Crippen LogP contribution < -0.4 is 5.32 Å². The van der Waals surface area contributed by atoms with E-state index < -0.39 is 5.97 Å². The van der Waals surface area contributed by atoms with Crippen molar-refractivity contribution < 1.29 is 19.1 Å². The van der Waals surface area contributed by atoms with E-state index in [1.807, 2.05) is 42.3 Å². The van der Waals surface area contributed by atoms with Crippen molar-refractivity contribution in [2.75, 3.05) is 45.3 Å². The fraction of sp³-hybridized carbons (Fsp3) is 0.400. The number of ether oxygens (including phenoxy) is 2. The summed E-state index contributed by atoms with van der Waals surface area (Å²) in [5, 5.41) is 5.32. The van der Waals surface area contributed by atoms with Crippen molar-refractivity contribution in [2.45, 2.75) is 13.8 Å². The molecule has 2 aromatic rings. The fourth-order valence-corrected chi connectivity index (χ4v) is 4.07. The highest BCUT2D eigenvalue weighted by atomic mass is 32.1. The molecule has 2 heterocycles. The highest BCUT2D eigenvalue weighted by Gasteiger charge is 2.24. The summed E-state index contributed by atoms with van der Waals surface area (Å²) in [5.74, 6) is -0.592. The van der Waals surface area contributed by atoms with Crippen molar-refractivity contribution in [3.05, 3.63) is 40.3 Å². The monoisotopic (exact) mass is 388 g/mol. The van der Waals surface area contributed by atoms with E-state index in [1.54, 1.807) is 0 Å². The summed E-state index contributed by atoms with van der Waals surface area (Å²) in [6.45, 7) is 7.03. The van der Waals surface area contributed by atoms with Gasteiger partial charge in [0, 0.05) is 24.0 Å². The summed E-state index contributed by atoms with van der Waals surface area (Å²) < 4.78 is 10.3. The average Bonchev–Trinajstić information content (AvgIpc) is 3.07. The number of nitrogens with zero attached hydrogens (tertiary/aromatic N) is 1. The zero-order valence-corrected chi connectivity index (χ0v) is 16.6. The Labute approximate surface area is 163 Å². The van der Waals surface area contributed by atoms with Gasteiger partial charge in [-0.15, -0.1) is 11.3 Å². The molecule has 27 heavy (non-hydrogen) atoms. The maximum absolute atomic E-state index is 12.5. The number of aryl methyl sites for hydroxylation is 2. The zero-order valence-electron chi connectivity index (χ0n) is 15.8. The molecule has 1 aromatic carbocycles. The Morgan fingerprint density at radius 3 is 2.67 bits per heavy atom. The molecule has 1 saturated heterocycles. The van der Waals surface area contributed by atoms with Crippen molar-refractivity contribution in [2.24, 2.45) is 0 Å². The normalized spacial score (nSPS) is 14.8. The summed E-state index contributed by atoms with van der Waals surface area (Å²) in [7, 11) is 1.35. The Morgan fingerprint density at radius 1 is 1.22 bits per heavy atom. The predicted octanol–water partition coefficient (Wildman–Crippen LogP) is 3.09. The lowest BCUT2D eigenvalue weighted by atomic mass is 9.97. The number of rotatable bonds is 5. The number of methoxy groups -OCH3 is 1. The van der Waals surface area contributed by atoms with E-state index in [9.17, 15) is 9.59 Å². The first-order chi connectivity index (χ1) is 13.0. The number of benzene rings is 1. The molecule has 1 aromatic heterocycles. The van der Waals surface area contributed by atoms with Crippen LogP contribution in [0, 0.1) is 13.8 Å². The molecule has 0 atom stereocenters. The molecule has 1 aliphatic heterocycles. The molecule has 0 bridgehead atoms. The molecule has 144 valence electrons. The van der Waals surface area contributed by atoms with Crippen LogP contribution in [0.4, 0.5) is 5.00 Å². The first-order valence-electron chi connectivity index (χ1n) is 8.87. The molecule has 1 N–H and O–H groups in total. The van der Waals surface area contributed by atoms with E-state index in [0.717, 1.165) is 35.3 Å². The Kier molecular flexibility index (Phi) is 6.26. The fourth-order valence-electron chi connectivity index (χ4n) is 3.11. The lowest BCUT2D eigenvalue weighted by Crippen LogP contribution is -2.41. The van der Waals surface area contributed by atoms with Crippen LogP contribution in [-0.4, -0.2) is 56.7 Å². The molecular weight excluding hydrogens is 364 g/mol. The number of morpholine rings is 1. The van der Waals surface area contributed by atoms with E-state index in [1.165, 1.54) is 18.4 Å². The van der Waals surface area contributed by atoms with Gasteiger partial charge in [-0.05, 0) is 25.0 Å². The van der Waals surface area contributed by atoms with E-state index in [2.05, 4.69) is 5.32 Å². The van der Waals surface area contributed by atoms with Gasteiger partial charge < -0.3 is 14.8 Å². The van der Waals surface area contributed by atoms with Gasteiger partial charge >= 0.3 is 5.97 Å². The molecule has 1 aliphatic rings. The van der Waals surface area contributed by atoms with Crippen LogP contribution in [-0.2, 0) is 14.3 Å². The quantitative estimate of drug-likeness (QED) is 0.798. The van der Waals surface area contributed by atoms with Crippen LogP contribution in [0.25, 0.3) is 11.1 Å². The molecular formula is C20H24N2O4S. The standard InChI is InChI=1S/C20H24N2O4S/c1-13-4-5-14(2)15(10-13)16-12-27-19(18(16)20(24)25-3)21-17(23)11-22-6-8-26-9-7-22/h4-5,10,12H,6-9,11H2,1-3H3,(H,21,23). The second kappa shape index (κ2) is 8.65. The number of nitrogens with one attached hydrogen (secondary N) is 1. The third kappa shape index (κ3) is 4.55. The summed E-state index contributed by atoms with van der Waals surface area (Å²) in [5.41, 5.74) is 4.34. The van der Waals surface area contributed by atoms with E-state index in [4.69, 9.17) is 9.47 Å². The number of carbonyl (C=O) groups is 2. The molecule has 6 nitrogen and oxygen atoms in total. The Bertz CT molecular complexity index is 841. The highest BCUT2D eigenvalue weighted by molar-refractivity contribution is 7.15. The van der Waals surface area contributed by atoms with Crippen LogP contribution in [0.3, 0.4) is 0 Å². The van der Waals surface area contributed by atoms with Crippen molar-refractivity contribution in [3.8, 4) is 11.1 Å². The molecule has 1 fully saturated rings. The van der Waals surface area contributed by atoms with Gasteiger partial charge in [0.1, 0.15) is 10.6 Å². The molecule has 3 rings (SSSR count). The van der Waals surface area contributed by atoms with E-state index in [0.29, 0.717) is 23.8 Å². The Morgan fingerprint density at radius 2 is 1.96 bits per heavy atom. The van der Waals surface area contributed by atoms with Crippen molar-refractivity contribution in [1.29, 1.82) is 0 Å². The Balaban J connectivity index is 1.87. The van der Waals surface area contributed by atoms with Gasteiger partial charge in [0.25, 0.3) is 0 Å². The van der Waals surface area contributed by atoms with Gasteiger partial charge in [-0.25, -0.2) is 4.79 Å². The van der Waals surface area contributed by atoms with Crippen LogP contribution in [0.5, 0.6) is 0 Å². The maximum atomic E-state index is 12.5. The van der Waals surface area contributed by atoms with E-state index >= 15 is 0 Å². The summed E-state index contributed by atoms with van der Waals surface area (Å²) >= 11 is 1.34. The second-order valence-electron chi connectivity index (χ2n) is 6.60. The minimum Gasteiger partial charge on any atom is -0.465 e. The van der Waals surface area contributed by atoms with Gasteiger partial charge in [-0.3, -0.25) is 9.69 Å². The van der Waals surface area contributed by atoms with Crippen LogP contribution in [0.2, 0.25) is 0 Å². The predicted molar refractivity (Wildman–Crippen MR) is 106 cm³/mol. The number of esters is 1. The molecule has 7 heteroatoms. The first-order valence-corrected chi connectivity index (χ1v) is 9.75. The van der Waals surface area contributed by atoms with Crippen molar-refractivity contribution >= 4 is 28.2 Å². The smallest absolute Gasteiger partial charge is 0.341 e. The van der Waals surface area contributed by atoms with E-state index in [-0.39, 0.29) is 12.5 Å². The van der Waals surface area contributed by atoms with Crippen molar-refractivity contribution in [1.82, 2.24) is 4.90 Å². The number of hydrogen-bond donors (Lipinski definition) is 1. The molecule has 0 spiro atoms. The van der Waals surface area contributed by atoms with Crippen LogP contribution in [0.1, 0.15) is 21.5 Å². The third-order valence-electron chi connectivity index (χ3n) is 4.59. The second-order valence-corrected chi connectivity index (χ2v) is 7.48. The topological polar surface area (TPSA) is 67.9 Å². The Hall–Kier alpha value is -2.22. The third-order valence-corrected chi connectivity index (χ3v) is 5.48. The number of anilines is 1. The van der Waals surface area contributed by atoms with Crippen LogP contribution >= 0.6 is 11.3 Å². The summed E-state index contributed by atoms with van der Waals surface area (Å²) in [4.78, 5) is 27.0. The molecule has 0 saturated carbocycles. The van der Waals surface area contributed by atoms with Crippen molar-refractivity contribution in [3.63, 3.8) is 0 Å². The van der Waals surface area contributed by atoms with Gasteiger partial charge in [0.2, 0.25) is 5.91 Å². The summed E-state index contributed by atoms with van der Waals surface area (Å²) in [6.07, 6.45) is 0. The van der Waals surface area contributed by atoms with Gasteiger partial charge in [-0.1, -0.05) is 23.8 Å².